The minimum atomic E-state index is -0.247. The molecule has 1 heterocycles. The number of para-hydroxylation sites is 1. The van der Waals surface area contributed by atoms with E-state index in [2.05, 4.69) is 20.6 Å². The zero-order valence-corrected chi connectivity index (χ0v) is 10.3. The van der Waals surface area contributed by atoms with Crippen molar-refractivity contribution in [1.82, 2.24) is 9.97 Å². The van der Waals surface area contributed by atoms with E-state index in [1.807, 2.05) is 37.3 Å². The van der Waals surface area contributed by atoms with Crippen molar-refractivity contribution < 1.29 is 4.79 Å². The second-order valence-corrected chi connectivity index (χ2v) is 3.79. The molecule has 0 aliphatic carbocycles. The third-order valence-corrected chi connectivity index (χ3v) is 2.34. The summed E-state index contributed by atoms with van der Waals surface area (Å²) in [6.07, 6.45) is 0. The van der Waals surface area contributed by atoms with Crippen molar-refractivity contribution in [2.75, 3.05) is 17.7 Å². The van der Waals surface area contributed by atoms with Crippen LogP contribution in [0.4, 0.5) is 11.6 Å². The van der Waals surface area contributed by atoms with Gasteiger partial charge in [-0.25, -0.2) is 9.97 Å². The van der Waals surface area contributed by atoms with Gasteiger partial charge in [0.15, 0.2) is 0 Å². The second kappa shape index (κ2) is 5.27. The normalized spacial score (nSPS) is 9.89. The summed E-state index contributed by atoms with van der Waals surface area (Å²) < 4.78 is 0. The summed E-state index contributed by atoms with van der Waals surface area (Å²) in [5, 5.41) is 5.60. The van der Waals surface area contributed by atoms with Crippen LogP contribution in [0.15, 0.2) is 36.4 Å². The van der Waals surface area contributed by atoms with Gasteiger partial charge < -0.3 is 10.6 Å². The Hall–Kier alpha value is -2.43. The van der Waals surface area contributed by atoms with E-state index in [9.17, 15) is 4.79 Å². The summed E-state index contributed by atoms with van der Waals surface area (Å²) >= 11 is 0. The van der Waals surface area contributed by atoms with Gasteiger partial charge in [0, 0.05) is 18.4 Å². The smallest absolute Gasteiger partial charge is 0.274 e. The Kier molecular flexibility index (Phi) is 3.52. The standard InChI is InChI=1S/C13H14N4O/c1-9-8-11(17-13(14-2)15-9)12(18)16-10-6-4-3-5-7-10/h3-8H,1-2H3,(H,16,18)(H,14,15,17). The van der Waals surface area contributed by atoms with Crippen LogP contribution in [0.1, 0.15) is 16.2 Å². The molecule has 0 bridgehead atoms. The molecule has 18 heavy (non-hydrogen) atoms. The number of aryl methyl sites for hydroxylation is 1. The molecular weight excluding hydrogens is 228 g/mol. The summed E-state index contributed by atoms with van der Waals surface area (Å²) in [6, 6.07) is 10.9. The maximum Gasteiger partial charge on any atom is 0.274 e. The van der Waals surface area contributed by atoms with Gasteiger partial charge in [0.2, 0.25) is 5.95 Å². The molecule has 0 spiro atoms. The van der Waals surface area contributed by atoms with Crippen molar-refractivity contribution in [2.45, 2.75) is 6.92 Å². The van der Waals surface area contributed by atoms with Gasteiger partial charge in [-0.3, -0.25) is 4.79 Å². The molecule has 0 saturated heterocycles. The van der Waals surface area contributed by atoms with E-state index >= 15 is 0 Å². The molecule has 0 saturated carbocycles. The van der Waals surface area contributed by atoms with E-state index in [1.165, 1.54) is 0 Å². The Labute approximate surface area is 105 Å². The number of amides is 1. The monoisotopic (exact) mass is 242 g/mol. The van der Waals surface area contributed by atoms with E-state index in [0.29, 0.717) is 11.6 Å². The van der Waals surface area contributed by atoms with Gasteiger partial charge in [-0.1, -0.05) is 18.2 Å². The summed E-state index contributed by atoms with van der Waals surface area (Å²) in [5.41, 5.74) is 1.83. The van der Waals surface area contributed by atoms with Gasteiger partial charge in [0.25, 0.3) is 5.91 Å². The molecule has 0 atom stereocenters. The minimum Gasteiger partial charge on any atom is -0.357 e. The van der Waals surface area contributed by atoms with Crippen LogP contribution >= 0.6 is 0 Å². The van der Waals surface area contributed by atoms with Crippen LogP contribution in [0.25, 0.3) is 0 Å². The number of rotatable bonds is 3. The number of hydrogen-bond acceptors (Lipinski definition) is 4. The topological polar surface area (TPSA) is 66.9 Å². The van der Waals surface area contributed by atoms with Crippen molar-refractivity contribution in [3.8, 4) is 0 Å². The number of aromatic nitrogens is 2. The average molecular weight is 242 g/mol. The lowest BCUT2D eigenvalue weighted by molar-refractivity contribution is 0.102. The number of anilines is 2. The van der Waals surface area contributed by atoms with Crippen LogP contribution in [0, 0.1) is 6.92 Å². The van der Waals surface area contributed by atoms with Crippen LogP contribution in [0.5, 0.6) is 0 Å². The Morgan fingerprint density at radius 1 is 1.17 bits per heavy atom. The quantitative estimate of drug-likeness (QED) is 0.864. The second-order valence-electron chi connectivity index (χ2n) is 3.79. The first-order chi connectivity index (χ1) is 8.69. The number of nitrogens with zero attached hydrogens (tertiary/aromatic N) is 2. The molecule has 0 fully saturated rings. The molecule has 1 amide bonds. The third kappa shape index (κ3) is 2.82. The number of carbonyl (C=O) groups excluding carboxylic acids is 1. The lowest BCUT2D eigenvalue weighted by Gasteiger charge is -2.06. The van der Waals surface area contributed by atoms with Gasteiger partial charge >= 0.3 is 0 Å². The van der Waals surface area contributed by atoms with Crippen LogP contribution in [-0.4, -0.2) is 22.9 Å². The van der Waals surface area contributed by atoms with E-state index in [0.717, 1.165) is 11.4 Å². The minimum absolute atomic E-state index is 0.247. The predicted octanol–water partition coefficient (Wildman–Crippen LogP) is 2.08. The van der Waals surface area contributed by atoms with Crippen LogP contribution < -0.4 is 10.6 Å². The Bertz CT molecular complexity index is 554. The Morgan fingerprint density at radius 3 is 2.56 bits per heavy atom. The fourth-order valence-electron chi connectivity index (χ4n) is 1.51. The number of hydrogen-bond donors (Lipinski definition) is 2. The van der Waals surface area contributed by atoms with E-state index in [-0.39, 0.29) is 5.91 Å². The molecule has 2 N–H and O–H groups in total. The molecule has 0 aliphatic heterocycles. The SMILES string of the molecule is CNc1nc(C)cc(C(=O)Nc2ccccc2)n1. The molecule has 5 nitrogen and oxygen atoms in total. The molecule has 0 aliphatic rings. The lowest BCUT2D eigenvalue weighted by Crippen LogP contribution is -2.15. The zero-order valence-electron chi connectivity index (χ0n) is 10.3. The molecular formula is C13H14N4O. The maximum atomic E-state index is 12.0. The predicted molar refractivity (Wildman–Crippen MR) is 70.7 cm³/mol. The molecule has 1 aromatic carbocycles. The highest BCUT2D eigenvalue weighted by Gasteiger charge is 2.10. The van der Waals surface area contributed by atoms with Crippen LogP contribution in [0.3, 0.4) is 0 Å². The summed E-state index contributed by atoms with van der Waals surface area (Å²) in [4.78, 5) is 20.3. The molecule has 92 valence electrons. The average Bonchev–Trinajstić information content (AvgIpc) is 2.39. The first-order valence-electron chi connectivity index (χ1n) is 5.59. The molecule has 5 heteroatoms. The number of nitrogens with one attached hydrogen (secondary N) is 2. The first kappa shape index (κ1) is 12.0. The Balaban J connectivity index is 2.21. The van der Waals surface area contributed by atoms with Crippen LogP contribution in [0.2, 0.25) is 0 Å². The van der Waals surface area contributed by atoms with Crippen molar-refractivity contribution in [3.05, 3.63) is 47.8 Å². The zero-order chi connectivity index (χ0) is 13.0. The summed E-state index contributed by atoms with van der Waals surface area (Å²) in [7, 11) is 1.72. The fourth-order valence-corrected chi connectivity index (χ4v) is 1.51. The molecule has 0 unspecified atom stereocenters. The number of benzene rings is 1. The van der Waals surface area contributed by atoms with Gasteiger partial charge in [-0.15, -0.1) is 0 Å². The molecule has 1 aromatic heterocycles. The Morgan fingerprint density at radius 2 is 1.89 bits per heavy atom. The first-order valence-corrected chi connectivity index (χ1v) is 5.59. The largest absolute Gasteiger partial charge is 0.357 e. The van der Waals surface area contributed by atoms with Crippen molar-refractivity contribution >= 4 is 17.5 Å². The molecule has 0 radical (unpaired) electrons. The van der Waals surface area contributed by atoms with Crippen molar-refractivity contribution in [1.29, 1.82) is 0 Å². The van der Waals surface area contributed by atoms with Crippen LogP contribution in [-0.2, 0) is 0 Å². The lowest BCUT2D eigenvalue weighted by atomic mass is 10.3. The van der Waals surface area contributed by atoms with E-state index in [4.69, 9.17) is 0 Å². The number of carbonyl (C=O) groups is 1. The van der Waals surface area contributed by atoms with Gasteiger partial charge in [0.1, 0.15) is 5.69 Å². The highest BCUT2D eigenvalue weighted by molar-refractivity contribution is 6.03. The summed E-state index contributed by atoms with van der Waals surface area (Å²) in [5.74, 6) is 0.191. The van der Waals surface area contributed by atoms with Gasteiger partial charge in [-0.2, -0.15) is 0 Å². The maximum absolute atomic E-state index is 12.0. The fraction of sp³-hybridized carbons (Fsp3) is 0.154. The molecule has 2 aromatic rings. The highest BCUT2D eigenvalue weighted by atomic mass is 16.1. The van der Waals surface area contributed by atoms with Crippen molar-refractivity contribution in [3.63, 3.8) is 0 Å². The molecule has 2 rings (SSSR count). The summed E-state index contributed by atoms with van der Waals surface area (Å²) in [6.45, 7) is 1.82. The third-order valence-electron chi connectivity index (χ3n) is 2.34. The van der Waals surface area contributed by atoms with Crippen molar-refractivity contribution in [2.24, 2.45) is 0 Å². The van der Waals surface area contributed by atoms with Gasteiger partial charge in [0.05, 0.1) is 0 Å². The highest BCUT2D eigenvalue weighted by Crippen LogP contribution is 2.09. The van der Waals surface area contributed by atoms with E-state index < -0.39 is 0 Å². The van der Waals surface area contributed by atoms with E-state index in [1.54, 1.807) is 13.1 Å². The van der Waals surface area contributed by atoms with Gasteiger partial charge in [-0.05, 0) is 25.1 Å².